The maximum absolute atomic E-state index is 11.9. The molecule has 1 heterocycles. The van der Waals surface area contributed by atoms with Crippen molar-refractivity contribution in [3.05, 3.63) is 52.5 Å². The molecule has 2 aromatic rings. The van der Waals surface area contributed by atoms with Crippen LogP contribution in [-0.2, 0) is 11.2 Å². The van der Waals surface area contributed by atoms with E-state index in [1.165, 1.54) is 0 Å². The highest BCUT2D eigenvalue weighted by Gasteiger charge is 2.25. The van der Waals surface area contributed by atoms with E-state index >= 15 is 0 Å². The zero-order chi connectivity index (χ0) is 16.4. The Balaban J connectivity index is 1.96. The molecule has 0 saturated heterocycles. The van der Waals surface area contributed by atoms with Crippen LogP contribution in [0.15, 0.2) is 36.4 Å². The summed E-state index contributed by atoms with van der Waals surface area (Å²) in [4.78, 5) is 11.9. The highest BCUT2D eigenvalue weighted by atomic mass is 35.5. The van der Waals surface area contributed by atoms with Crippen LogP contribution in [0.25, 0.3) is 11.1 Å². The van der Waals surface area contributed by atoms with Crippen LogP contribution < -0.4 is 10.5 Å². The maximum Gasteiger partial charge on any atom is 0.338 e. The molecule has 1 aliphatic heterocycles. The fraction of sp³-hybridized carbons (Fsp3) is 0.278. The van der Waals surface area contributed by atoms with Gasteiger partial charge in [-0.15, -0.1) is 0 Å². The Morgan fingerprint density at radius 3 is 2.91 bits per heavy atom. The molecular weight excluding hydrogens is 314 g/mol. The van der Waals surface area contributed by atoms with Crippen LogP contribution in [0.3, 0.4) is 0 Å². The van der Waals surface area contributed by atoms with Crippen LogP contribution in [0, 0.1) is 0 Å². The summed E-state index contributed by atoms with van der Waals surface area (Å²) < 4.78 is 10.8. The summed E-state index contributed by atoms with van der Waals surface area (Å²) in [5.74, 6) is 0.389. The standard InChI is InChI=1S/C18H18ClNO3/c1-2-22-18(21)12-5-3-4-11(6-12)13-7-14-8-15(10-20)23-17(14)16(19)9-13/h3-7,9,15H,2,8,10,20H2,1H3. The monoisotopic (exact) mass is 331 g/mol. The van der Waals surface area contributed by atoms with Crippen LogP contribution >= 0.6 is 11.6 Å². The molecular formula is C18H18ClNO3. The number of hydrogen-bond acceptors (Lipinski definition) is 4. The fourth-order valence-electron chi connectivity index (χ4n) is 2.73. The van der Waals surface area contributed by atoms with E-state index in [4.69, 9.17) is 26.8 Å². The Morgan fingerprint density at radius 2 is 2.17 bits per heavy atom. The van der Waals surface area contributed by atoms with E-state index in [9.17, 15) is 4.79 Å². The average Bonchev–Trinajstić information content (AvgIpc) is 2.99. The van der Waals surface area contributed by atoms with Gasteiger partial charge in [0.2, 0.25) is 0 Å². The third-order valence-corrected chi connectivity index (χ3v) is 4.10. The summed E-state index contributed by atoms with van der Waals surface area (Å²) in [5, 5.41) is 0.565. The predicted molar refractivity (Wildman–Crippen MR) is 90.0 cm³/mol. The molecule has 0 spiro atoms. The van der Waals surface area contributed by atoms with Crippen LogP contribution in [0.2, 0.25) is 5.02 Å². The van der Waals surface area contributed by atoms with E-state index in [1.807, 2.05) is 30.3 Å². The van der Waals surface area contributed by atoms with Crippen molar-refractivity contribution in [3.8, 4) is 16.9 Å². The SMILES string of the molecule is CCOC(=O)c1cccc(-c2cc(Cl)c3c(c2)CC(CN)O3)c1. The van der Waals surface area contributed by atoms with E-state index in [2.05, 4.69) is 0 Å². The molecule has 1 atom stereocenters. The van der Waals surface area contributed by atoms with Gasteiger partial charge in [0.1, 0.15) is 11.9 Å². The lowest BCUT2D eigenvalue weighted by molar-refractivity contribution is 0.0526. The van der Waals surface area contributed by atoms with Gasteiger partial charge >= 0.3 is 5.97 Å². The Morgan fingerprint density at radius 1 is 1.35 bits per heavy atom. The van der Waals surface area contributed by atoms with Crippen molar-refractivity contribution in [3.63, 3.8) is 0 Å². The Hall–Kier alpha value is -2.04. The quantitative estimate of drug-likeness (QED) is 0.872. The summed E-state index contributed by atoms with van der Waals surface area (Å²) in [6, 6.07) is 11.2. The number of nitrogens with two attached hydrogens (primary N) is 1. The zero-order valence-corrected chi connectivity index (χ0v) is 13.6. The van der Waals surface area contributed by atoms with E-state index in [0.29, 0.717) is 29.5 Å². The van der Waals surface area contributed by atoms with Gasteiger partial charge < -0.3 is 15.2 Å². The second kappa shape index (κ2) is 6.60. The normalized spacial score (nSPS) is 15.9. The van der Waals surface area contributed by atoms with Gasteiger partial charge in [0, 0.05) is 18.5 Å². The molecule has 0 aromatic heterocycles. The van der Waals surface area contributed by atoms with Crippen molar-refractivity contribution in [2.45, 2.75) is 19.4 Å². The van der Waals surface area contributed by atoms with Crippen molar-refractivity contribution in [2.24, 2.45) is 5.73 Å². The Kier molecular flexibility index (Phi) is 4.55. The van der Waals surface area contributed by atoms with Gasteiger partial charge in [0.05, 0.1) is 17.2 Å². The smallest absolute Gasteiger partial charge is 0.338 e. The lowest BCUT2D eigenvalue weighted by atomic mass is 9.99. The first-order valence-corrected chi connectivity index (χ1v) is 7.97. The second-order valence-electron chi connectivity index (χ2n) is 5.43. The second-order valence-corrected chi connectivity index (χ2v) is 5.83. The number of esters is 1. The first-order chi connectivity index (χ1) is 11.1. The van der Waals surface area contributed by atoms with E-state index < -0.39 is 0 Å². The topological polar surface area (TPSA) is 61.5 Å². The van der Waals surface area contributed by atoms with Gasteiger partial charge in [0.25, 0.3) is 0 Å². The van der Waals surface area contributed by atoms with Crippen LogP contribution in [0.4, 0.5) is 0 Å². The minimum absolute atomic E-state index is 0.0244. The lowest BCUT2D eigenvalue weighted by Gasteiger charge is -2.09. The highest BCUT2D eigenvalue weighted by molar-refractivity contribution is 6.32. The first kappa shape index (κ1) is 15.8. The number of ether oxygens (including phenoxy) is 2. The molecule has 1 unspecified atom stereocenters. The van der Waals surface area contributed by atoms with Gasteiger partial charge in [-0.25, -0.2) is 4.79 Å². The fourth-order valence-corrected chi connectivity index (χ4v) is 3.01. The molecule has 0 bridgehead atoms. The molecule has 2 aromatic carbocycles. The van der Waals surface area contributed by atoms with E-state index in [0.717, 1.165) is 23.1 Å². The third kappa shape index (κ3) is 3.19. The number of rotatable bonds is 4. The average molecular weight is 332 g/mol. The summed E-state index contributed by atoms with van der Waals surface area (Å²) >= 11 is 6.34. The summed E-state index contributed by atoms with van der Waals surface area (Å²) in [6.07, 6.45) is 0.723. The number of benzene rings is 2. The number of carbonyl (C=O) groups excluding carboxylic acids is 1. The molecule has 5 heteroatoms. The number of hydrogen-bond donors (Lipinski definition) is 1. The van der Waals surface area contributed by atoms with Crippen molar-refractivity contribution in [1.29, 1.82) is 0 Å². The molecule has 0 saturated carbocycles. The summed E-state index contributed by atoms with van der Waals surface area (Å²) in [6.45, 7) is 2.60. The van der Waals surface area contributed by atoms with Crippen molar-refractivity contribution < 1.29 is 14.3 Å². The van der Waals surface area contributed by atoms with Crippen LogP contribution in [-0.4, -0.2) is 25.2 Å². The molecule has 1 aliphatic rings. The molecule has 0 aliphatic carbocycles. The molecule has 0 fully saturated rings. The third-order valence-electron chi connectivity index (χ3n) is 3.82. The van der Waals surface area contributed by atoms with Gasteiger partial charge in [-0.2, -0.15) is 0 Å². The molecule has 120 valence electrons. The zero-order valence-electron chi connectivity index (χ0n) is 12.8. The minimum Gasteiger partial charge on any atom is -0.487 e. The van der Waals surface area contributed by atoms with Gasteiger partial charge in [0.15, 0.2) is 0 Å². The number of halogens is 1. The van der Waals surface area contributed by atoms with Crippen LogP contribution in [0.5, 0.6) is 5.75 Å². The number of fused-ring (bicyclic) bond motifs is 1. The summed E-state index contributed by atoms with van der Waals surface area (Å²) in [7, 11) is 0. The lowest BCUT2D eigenvalue weighted by Crippen LogP contribution is -2.24. The molecule has 0 amide bonds. The summed E-state index contributed by atoms with van der Waals surface area (Å²) in [5.41, 5.74) is 9.10. The van der Waals surface area contributed by atoms with Gasteiger partial charge in [-0.1, -0.05) is 23.7 Å². The van der Waals surface area contributed by atoms with Gasteiger partial charge in [-0.05, 0) is 42.3 Å². The largest absolute Gasteiger partial charge is 0.487 e. The van der Waals surface area contributed by atoms with E-state index in [-0.39, 0.29) is 12.1 Å². The molecule has 0 radical (unpaired) electrons. The van der Waals surface area contributed by atoms with E-state index in [1.54, 1.807) is 13.0 Å². The Labute approximate surface area is 140 Å². The molecule has 4 nitrogen and oxygen atoms in total. The first-order valence-electron chi connectivity index (χ1n) is 7.59. The molecule has 23 heavy (non-hydrogen) atoms. The van der Waals surface area contributed by atoms with Crippen molar-refractivity contribution in [1.82, 2.24) is 0 Å². The molecule has 2 N–H and O–H groups in total. The number of carbonyl (C=O) groups is 1. The molecule has 3 rings (SSSR count). The predicted octanol–water partition coefficient (Wildman–Crippen LogP) is 3.45. The van der Waals surface area contributed by atoms with Crippen molar-refractivity contribution in [2.75, 3.05) is 13.2 Å². The van der Waals surface area contributed by atoms with Gasteiger partial charge in [-0.3, -0.25) is 0 Å². The minimum atomic E-state index is -0.326. The van der Waals surface area contributed by atoms with Crippen molar-refractivity contribution >= 4 is 17.6 Å². The Bertz CT molecular complexity index is 745. The van der Waals surface area contributed by atoms with Crippen LogP contribution in [0.1, 0.15) is 22.8 Å². The maximum atomic E-state index is 11.9. The highest BCUT2D eigenvalue weighted by Crippen LogP contribution is 2.39.